The van der Waals surface area contributed by atoms with Crippen LogP contribution in [0.5, 0.6) is 0 Å². The van der Waals surface area contributed by atoms with E-state index in [1.54, 1.807) is 23.1 Å². The maximum Gasteiger partial charge on any atom is 0.276 e. The molecule has 2 aromatic rings. The van der Waals surface area contributed by atoms with Gasteiger partial charge in [-0.2, -0.15) is 0 Å². The van der Waals surface area contributed by atoms with Crippen molar-refractivity contribution in [3.05, 3.63) is 47.5 Å². The van der Waals surface area contributed by atoms with Gasteiger partial charge >= 0.3 is 0 Å². The number of amides is 2. The summed E-state index contributed by atoms with van der Waals surface area (Å²) in [5, 5.41) is 7.75. The number of rotatable bonds is 4. The topological polar surface area (TPSA) is 94.1 Å². The maximum absolute atomic E-state index is 13.7. The van der Waals surface area contributed by atoms with Gasteiger partial charge in [0.15, 0.2) is 5.69 Å². The van der Waals surface area contributed by atoms with Crippen molar-refractivity contribution in [3.63, 3.8) is 0 Å². The van der Waals surface area contributed by atoms with Gasteiger partial charge in [0.05, 0.1) is 18.7 Å². The van der Waals surface area contributed by atoms with Gasteiger partial charge < -0.3 is 10.6 Å². The molecule has 8 heteroatoms. The average Bonchev–Trinajstić information content (AvgIpc) is 3.05. The maximum atomic E-state index is 13.7. The van der Waals surface area contributed by atoms with Crippen LogP contribution in [0.25, 0.3) is 0 Å². The van der Waals surface area contributed by atoms with Crippen molar-refractivity contribution in [2.45, 2.75) is 19.4 Å². The lowest BCUT2D eigenvalue weighted by atomic mass is 9.97. The monoisotopic (exact) mass is 331 g/mol. The van der Waals surface area contributed by atoms with Crippen molar-refractivity contribution in [2.24, 2.45) is 11.7 Å². The first-order valence-corrected chi connectivity index (χ1v) is 7.76. The Morgan fingerprint density at radius 3 is 2.88 bits per heavy atom. The van der Waals surface area contributed by atoms with E-state index in [0.29, 0.717) is 25.1 Å². The Hall–Kier alpha value is -2.77. The molecular formula is C16H18FN5O2. The van der Waals surface area contributed by atoms with Gasteiger partial charge in [-0.25, -0.2) is 9.07 Å². The fraction of sp³-hybridized carbons (Fsp3) is 0.375. The Kier molecular flexibility index (Phi) is 4.54. The Labute approximate surface area is 138 Å². The van der Waals surface area contributed by atoms with E-state index in [-0.39, 0.29) is 29.9 Å². The summed E-state index contributed by atoms with van der Waals surface area (Å²) in [4.78, 5) is 25.4. The number of nitrogens with zero attached hydrogens (tertiary/aromatic N) is 4. The number of likely N-dealkylation sites (tertiary alicyclic amines) is 1. The first kappa shape index (κ1) is 16.1. The van der Waals surface area contributed by atoms with Crippen LogP contribution in [-0.4, -0.2) is 44.8 Å². The first-order valence-electron chi connectivity index (χ1n) is 7.76. The summed E-state index contributed by atoms with van der Waals surface area (Å²) in [6.07, 6.45) is 2.91. The number of aromatic nitrogens is 3. The SMILES string of the molecule is NC(=O)C1CCCN(C(=O)c2cn(Cc3ccccc3F)nn2)C1. The number of hydrogen-bond acceptors (Lipinski definition) is 4. The van der Waals surface area contributed by atoms with Crippen LogP contribution in [-0.2, 0) is 11.3 Å². The molecule has 1 atom stereocenters. The second-order valence-corrected chi connectivity index (χ2v) is 5.89. The second kappa shape index (κ2) is 6.77. The fourth-order valence-electron chi connectivity index (χ4n) is 2.83. The highest BCUT2D eigenvalue weighted by atomic mass is 19.1. The van der Waals surface area contributed by atoms with Crippen molar-refractivity contribution >= 4 is 11.8 Å². The van der Waals surface area contributed by atoms with Crippen LogP contribution >= 0.6 is 0 Å². The molecule has 3 rings (SSSR count). The van der Waals surface area contributed by atoms with Gasteiger partial charge in [0.25, 0.3) is 5.91 Å². The molecule has 0 spiro atoms. The number of carbonyl (C=O) groups is 2. The highest BCUT2D eigenvalue weighted by Crippen LogP contribution is 2.18. The third kappa shape index (κ3) is 3.42. The lowest BCUT2D eigenvalue weighted by Gasteiger charge is -2.30. The lowest BCUT2D eigenvalue weighted by Crippen LogP contribution is -2.44. The van der Waals surface area contributed by atoms with Crippen LogP contribution in [0.1, 0.15) is 28.9 Å². The van der Waals surface area contributed by atoms with Crippen molar-refractivity contribution in [1.82, 2.24) is 19.9 Å². The van der Waals surface area contributed by atoms with Gasteiger partial charge in [0.1, 0.15) is 5.82 Å². The molecule has 1 aliphatic heterocycles. The average molecular weight is 331 g/mol. The molecule has 0 bridgehead atoms. The van der Waals surface area contributed by atoms with Crippen molar-refractivity contribution in [2.75, 3.05) is 13.1 Å². The normalized spacial score (nSPS) is 17.7. The minimum Gasteiger partial charge on any atom is -0.369 e. The molecule has 126 valence electrons. The summed E-state index contributed by atoms with van der Waals surface area (Å²) in [6.45, 7) is 1.05. The van der Waals surface area contributed by atoms with Gasteiger partial charge in [0, 0.05) is 18.7 Å². The molecule has 24 heavy (non-hydrogen) atoms. The summed E-state index contributed by atoms with van der Waals surface area (Å²) in [7, 11) is 0. The minimum absolute atomic E-state index is 0.177. The zero-order valence-electron chi connectivity index (χ0n) is 13.1. The van der Waals surface area contributed by atoms with E-state index >= 15 is 0 Å². The number of halogens is 1. The number of primary amides is 1. The number of carbonyl (C=O) groups excluding carboxylic acids is 2. The third-order valence-corrected chi connectivity index (χ3v) is 4.16. The molecule has 0 saturated carbocycles. The molecule has 0 radical (unpaired) electrons. The van der Waals surface area contributed by atoms with Gasteiger partial charge in [-0.15, -0.1) is 5.10 Å². The molecule has 1 aromatic carbocycles. The van der Waals surface area contributed by atoms with Gasteiger partial charge in [-0.3, -0.25) is 9.59 Å². The Balaban J connectivity index is 1.70. The zero-order chi connectivity index (χ0) is 17.1. The predicted octanol–water partition coefficient (Wildman–Crippen LogP) is 0.803. The summed E-state index contributed by atoms with van der Waals surface area (Å²) >= 11 is 0. The summed E-state index contributed by atoms with van der Waals surface area (Å²) < 4.78 is 15.1. The number of nitrogens with two attached hydrogens (primary N) is 1. The Morgan fingerprint density at radius 2 is 2.12 bits per heavy atom. The van der Waals surface area contributed by atoms with Crippen LogP contribution < -0.4 is 5.73 Å². The van der Waals surface area contributed by atoms with Crippen molar-refractivity contribution < 1.29 is 14.0 Å². The first-order chi connectivity index (χ1) is 11.5. The van der Waals surface area contributed by atoms with E-state index in [9.17, 15) is 14.0 Å². The smallest absolute Gasteiger partial charge is 0.276 e. The number of hydrogen-bond donors (Lipinski definition) is 1. The largest absolute Gasteiger partial charge is 0.369 e. The van der Waals surface area contributed by atoms with Crippen LogP contribution in [0.2, 0.25) is 0 Å². The minimum atomic E-state index is -0.393. The molecule has 2 heterocycles. The summed E-state index contributed by atoms with van der Waals surface area (Å²) in [5.41, 5.74) is 5.97. The quantitative estimate of drug-likeness (QED) is 0.897. The van der Waals surface area contributed by atoms with E-state index < -0.39 is 5.91 Å². The summed E-state index contributed by atoms with van der Waals surface area (Å²) in [6, 6.07) is 6.37. The van der Waals surface area contributed by atoms with E-state index in [0.717, 1.165) is 6.42 Å². The van der Waals surface area contributed by atoms with Crippen molar-refractivity contribution in [1.29, 1.82) is 0 Å². The molecule has 2 amide bonds. The second-order valence-electron chi connectivity index (χ2n) is 5.89. The third-order valence-electron chi connectivity index (χ3n) is 4.16. The van der Waals surface area contributed by atoms with Crippen LogP contribution in [0.4, 0.5) is 4.39 Å². The standard InChI is InChI=1S/C16H18FN5O2/c17-13-6-2-1-4-11(13)9-22-10-14(19-20-22)16(24)21-7-3-5-12(8-21)15(18)23/h1-2,4,6,10,12H,3,5,7-9H2,(H2,18,23). The molecule has 7 nitrogen and oxygen atoms in total. The van der Waals surface area contributed by atoms with Gasteiger partial charge in [-0.1, -0.05) is 23.4 Å². The predicted molar refractivity (Wildman–Crippen MR) is 83.3 cm³/mol. The van der Waals surface area contributed by atoms with E-state index in [1.165, 1.54) is 16.9 Å². The Morgan fingerprint density at radius 1 is 1.33 bits per heavy atom. The van der Waals surface area contributed by atoms with Gasteiger partial charge in [0.2, 0.25) is 5.91 Å². The fourth-order valence-corrected chi connectivity index (χ4v) is 2.83. The van der Waals surface area contributed by atoms with Crippen molar-refractivity contribution in [3.8, 4) is 0 Å². The molecule has 1 saturated heterocycles. The molecule has 2 N–H and O–H groups in total. The number of piperidine rings is 1. The zero-order valence-corrected chi connectivity index (χ0v) is 13.1. The molecule has 1 unspecified atom stereocenters. The molecule has 1 aromatic heterocycles. The van der Waals surface area contributed by atoms with Gasteiger partial charge in [-0.05, 0) is 18.9 Å². The van der Waals surface area contributed by atoms with Crippen LogP contribution in [0.15, 0.2) is 30.5 Å². The summed E-state index contributed by atoms with van der Waals surface area (Å²) in [5.74, 6) is -1.34. The molecule has 1 fully saturated rings. The lowest BCUT2D eigenvalue weighted by molar-refractivity contribution is -0.123. The van der Waals surface area contributed by atoms with E-state index in [2.05, 4.69) is 10.3 Å². The number of benzene rings is 1. The molecule has 0 aliphatic carbocycles. The van der Waals surface area contributed by atoms with E-state index in [4.69, 9.17) is 5.73 Å². The highest BCUT2D eigenvalue weighted by Gasteiger charge is 2.28. The van der Waals surface area contributed by atoms with E-state index in [1.807, 2.05) is 0 Å². The van der Waals surface area contributed by atoms with Crippen LogP contribution in [0, 0.1) is 11.7 Å². The Bertz CT molecular complexity index is 760. The van der Waals surface area contributed by atoms with Crippen LogP contribution in [0.3, 0.4) is 0 Å². The highest BCUT2D eigenvalue weighted by molar-refractivity contribution is 5.92. The molecule has 1 aliphatic rings. The molecular weight excluding hydrogens is 313 g/mol.